The molecular formula is C14H16FNO4. The lowest BCUT2D eigenvalue weighted by Gasteiger charge is -2.12. The molecule has 0 spiro atoms. The fourth-order valence-corrected chi connectivity index (χ4v) is 2.41. The zero-order valence-electron chi connectivity index (χ0n) is 11.1. The molecule has 0 radical (unpaired) electrons. The molecule has 0 bridgehead atoms. The third-order valence-corrected chi connectivity index (χ3v) is 3.58. The van der Waals surface area contributed by atoms with E-state index in [9.17, 15) is 14.0 Å². The summed E-state index contributed by atoms with van der Waals surface area (Å²) < 4.78 is 18.6. The lowest BCUT2D eigenvalue weighted by molar-refractivity contribution is -0.141. The zero-order chi connectivity index (χ0) is 14.7. The molecule has 1 fully saturated rings. The number of rotatable bonds is 4. The summed E-state index contributed by atoms with van der Waals surface area (Å²) in [4.78, 5) is 22.9. The van der Waals surface area contributed by atoms with Crippen molar-refractivity contribution in [1.29, 1.82) is 0 Å². The summed E-state index contributed by atoms with van der Waals surface area (Å²) in [7, 11) is 1.45. The van der Waals surface area contributed by atoms with Crippen molar-refractivity contribution in [2.75, 3.05) is 12.4 Å². The van der Waals surface area contributed by atoms with Gasteiger partial charge < -0.3 is 15.2 Å². The van der Waals surface area contributed by atoms with E-state index < -0.39 is 17.7 Å². The maximum atomic E-state index is 13.6. The second-order valence-electron chi connectivity index (χ2n) is 4.88. The van der Waals surface area contributed by atoms with E-state index in [2.05, 4.69) is 5.32 Å². The summed E-state index contributed by atoms with van der Waals surface area (Å²) >= 11 is 0. The van der Waals surface area contributed by atoms with Crippen LogP contribution in [-0.4, -0.2) is 24.1 Å². The SMILES string of the molecule is COc1ccc(F)c(NC(=O)C2CCC(C(=O)O)C2)c1. The molecule has 6 heteroatoms. The smallest absolute Gasteiger partial charge is 0.306 e. The van der Waals surface area contributed by atoms with Crippen LogP contribution >= 0.6 is 0 Å². The molecule has 1 aromatic rings. The van der Waals surface area contributed by atoms with Gasteiger partial charge in [0.05, 0.1) is 18.7 Å². The Bertz CT molecular complexity index is 532. The van der Waals surface area contributed by atoms with E-state index >= 15 is 0 Å². The number of halogens is 1. The Morgan fingerprint density at radius 3 is 2.65 bits per heavy atom. The average Bonchev–Trinajstić information content (AvgIpc) is 2.91. The van der Waals surface area contributed by atoms with E-state index in [0.717, 1.165) is 0 Å². The number of aliphatic carboxylic acids is 1. The number of carbonyl (C=O) groups excluding carboxylic acids is 1. The number of amides is 1. The number of ether oxygens (including phenoxy) is 1. The molecule has 0 heterocycles. The van der Waals surface area contributed by atoms with Crippen LogP contribution in [0.15, 0.2) is 18.2 Å². The van der Waals surface area contributed by atoms with Crippen LogP contribution in [0.3, 0.4) is 0 Å². The topological polar surface area (TPSA) is 75.6 Å². The summed E-state index contributed by atoms with van der Waals surface area (Å²) in [6.45, 7) is 0. The maximum absolute atomic E-state index is 13.6. The summed E-state index contributed by atoms with van der Waals surface area (Å²) in [6, 6.07) is 4.07. The fraction of sp³-hybridized carbons (Fsp3) is 0.429. The molecule has 1 aliphatic carbocycles. The molecule has 20 heavy (non-hydrogen) atoms. The average molecular weight is 281 g/mol. The van der Waals surface area contributed by atoms with Crippen molar-refractivity contribution in [3.8, 4) is 5.75 Å². The van der Waals surface area contributed by atoms with Gasteiger partial charge in [0.15, 0.2) is 0 Å². The second-order valence-corrected chi connectivity index (χ2v) is 4.88. The standard InChI is InChI=1S/C14H16FNO4/c1-20-10-4-5-11(15)12(7-10)16-13(17)8-2-3-9(6-8)14(18)19/h4-5,7-9H,2-3,6H2,1H3,(H,16,17)(H,18,19). The largest absolute Gasteiger partial charge is 0.497 e. The van der Waals surface area contributed by atoms with E-state index in [1.54, 1.807) is 0 Å². The Morgan fingerprint density at radius 1 is 1.35 bits per heavy atom. The molecule has 2 N–H and O–H groups in total. The van der Waals surface area contributed by atoms with Crippen LogP contribution in [-0.2, 0) is 9.59 Å². The van der Waals surface area contributed by atoms with Crippen LogP contribution in [0.25, 0.3) is 0 Å². The van der Waals surface area contributed by atoms with Crippen molar-refractivity contribution in [2.45, 2.75) is 19.3 Å². The van der Waals surface area contributed by atoms with Crippen molar-refractivity contribution >= 4 is 17.6 Å². The van der Waals surface area contributed by atoms with Gasteiger partial charge in [0.1, 0.15) is 11.6 Å². The number of hydrogen-bond donors (Lipinski definition) is 2. The van der Waals surface area contributed by atoms with Gasteiger partial charge in [0.2, 0.25) is 5.91 Å². The van der Waals surface area contributed by atoms with Crippen molar-refractivity contribution in [1.82, 2.24) is 0 Å². The van der Waals surface area contributed by atoms with Crippen LogP contribution in [0.1, 0.15) is 19.3 Å². The number of carboxylic acid groups (broad SMARTS) is 1. The van der Waals surface area contributed by atoms with E-state index in [0.29, 0.717) is 25.0 Å². The molecule has 1 aliphatic rings. The second kappa shape index (κ2) is 5.90. The highest BCUT2D eigenvalue weighted by Gasteiger charge is 2.34. The molecule has 2 rings (SSSR count). The minimum atomic E-state index is -0.882. The Hall–Kier alpha value is -2.11. The predicted octanol–water partition coefficient (Wildman–Crippen LogP) is 2.27. The first-order valence-electron chi connectivity index (χ1n) is 6.38. The van der Waals surface area contributed by atoms with Crippen LogP contribution < -0.4 is 10.1 Å². The minimum Gasteiger partial charge on any atom is -0.497 e. The van der Waals surface area contributed by atoms with Gasteiger partial charge in [-0.05, 0) is 31.4 Å². The lowest BCUT2D eigenvalue weighted by atomic mass is 10.0. The molecule has 0 saturated heterocycles. The van der Waals surface area contributed by atoms with E-state index in [4.69, 9.17) is 9.84 Å². The van der Waals surface area contributed by atoms with Crippen molar-refractivity contribution in [3.05, 3.63) is 24.0 Å². The first-order valence-corrected chi connectivity index (χ1v) is 6.38. The van der Waals surface area contributed by atoms with Gasteiger partial charge in [-0.25, -0.2) is 4.39 Å². The van der Waals surface area contributed by atoms with Crippen molar-refractivity contribution in [2.24, 2.45) is 11.8 Å². The van der Waals surface area contributed by atoms with Gasteiger partial charge in [-0.3, -0.25) is 9.59 Å². The summed E-state index contributed by atoms with van der Waals surface area (Å²) in [6.07, 6.45) is 1.29. The monoisotopic (exact) mass is 281 g/mol. The summed E-state index contributed by atoms with van der Waals surface area (Å²) in [5, 5.41) is 11.4. The first-order chi connectivity index (χ1) is 9.51. The maximum Gasteiger partial charge on any atom is 0.306 e. The summed E-state index contributed by atoms with van der Waals surface area (Å²) in [5.41, 5.74) is 0.0492. The number of benzene rings is 1. The fourth-order valence-electron chi connectivity index (χ4n) is 2.41. The number of anilines is 1. The normalized spacial score (nSPS) is 21.5. The molecule has 5 nitrogen and oxygen atoms in total. The molecule has 1 saturated carbocycles. The third-order valence-electron chi connectivity index (χ3n) is 3.58. The number of methoxy groups -OCH3 is 1. The van der Waals surface area contributed by atoms with Gasteiger partial charge in [0.25, 0.3) is 0 Å². The highest BCUT2D eigenvalue weighted by atomic mass is 19.1. The lowest BCUT2D eigenvalue weighted by Crippen LogP contribution is -2.22. The molecule has 2 atom stereocenters. The van der Waals surface area contributed by atoms with E-state index in [1.807, 2.05) is 0 Å². The quantitative estimate of drug-likeness (QED) is 0.887. The Balaban J connectivity index is 2.03. The molecule has 0 aromatic heterocycles. The van der Waals surface area contributed by atoms with E-state index in [-0.39, 0.29) is 17.5 Å². The van der Waals surface area contributed by atoms with Crippen LogP contribution in [0.5, 0.6) is 5.75 Å². The van der Waals surface area contributed by atoms with E-state index in [1.165, 1.54) is 25.3 Å². The molecule has 1 aromatic carbocycles. The van der Waals surface area contributed by atoms with Crippen LogP contribution in [0.2, 0.25) is 0 Å². The molecule has 2 unspecified atom stereocenters. The molecular weight excluding hydrogens is 265 g/mol. The minimum absolute atomic E-state index is 0.0492. The van der Waals surface area contributed by atoms with Gasteiger partial charge >= 0.3 is 5.97 Å². The molecule has 0 aliphatic heterocycles. The van der Waals surface area contributed by atoms with Crippen molar-refractivity contribution in [3.63, 3.8) is 0 Å². The van der Waals surface area contributed by atoms with Crippen LogP contribution in [0.4, 0.5) is 10.1 Å². The number of nitrogens with one attached hydrogen (secondary N) is 1. The highest BCUT2D eigenvalue weighted by molar-refractivity contribution is 5.93. The Labute approximate surface area is 115 Å². The summed E-state index contributed by atoms with van der Waals surface area (Å²) in [5.74, 6) is -2.21. The number of hydrogen-bond acceptors (Lipinski definition) is 3. The van der Waals surface area contributed by atoms with Gasteiger partial charge in [-0.15, -0.1) is 0 Å². The highest BCUT2D eigenvalue weighted by Crippen LogP contribution is 2.32. The number of carboxylic acids is 1. The zero-order valence-corrected chi connectivity index (χ0v) is 11.1. The van der Waals surface area contributed by atoms with Crippen LogP contribution in [0, 0.1) is 17.7 Å². The Morgan fingerprint density at radius 2 is 2.05 bits per heavy atom. The third kappa shape index (κ3) is 3.07. The Kier molecular flexibility index (Phi) is 4.22. The number of carbonyl (C=O) groups is 2. The van der Waals surface area contributed by atoms with Gasteiger partial charge in [0, 0.05) is 12.0 Å². The first kappa shape index (κ1) is 14.3. The molecule has 1 amide bonds. The predicted molar refractivity (Wildman–Crippen MR) is 70.0 cm³/mol. The van der Waals surface area contributed by atoms with Gasteiger partial charge in [-0.1, -0.05) is 0 Å². The molecule has 108 valence electrons. The van der Waals surface area contributed by atoms with Gasteiger partial charge in [-0.2, -0.15) is 0 Å². The van der Waals surface area contributed by atoms with Crippen molar-refractivity contribution < 1.29 is 23.8 Å².